The van der Waals surface area contributed by atoms with Gasteiger partial charge in [0.1, 0.15) is 0 Å². The number of hydrogen-bond acceptors (Lipinski definition) is 1. The van der Waals surface area contributed by atoms with E-state index in [0.29, 0.717) is 12.2 Å². The van der Waals surface area contributed by atoms with E-state index < -0.39 is 0 Å². The highest BCUT2D eigenvalue weighted by atomic mass is 16.5. The third kappa shape index (κ3) is 3.49. The Morgan fingerprint density at radius 2 is 1.33 bits per heavy atom. The quantitative estimate of drug-likeness (QED) is 0.623. The van der Waals surface area contributed by atoms with E-state index in [1.54, 1.807) is 25.7 Å². The molecule has 4 fully saturated rings. The molecule has 2 saturated heterocycles. The molecule has 2 aliphatic carbocycles. The van der Waals surface area contributed by atoms with Gasteiger partial charge in [-0.3, -0.25) is 0 Å². The van der Waals surface area contributed by atoms with Crippen LogP contribution >= 0.6 is 0 Å². The fourth-order valence-corrected chi connectivity index (χ4v) is 5.05. The first-order chi connectivity index (χ1) is 9.97. The van der Waals surface area contributed by atoms with Crippen LogP contribution in [0, 0.1) is 29.1 Å². The van der Waals surface area contributed by atoms with Crippen LogP contribution in [0.4, 0.5) is 0 Å². The van der Waals surface area contributed by atoms with Crippen molar-refractivity contribution in [3.8, 4) is 0 Å². The molecule has 0 aromatic rings. The first-order valence-electron chi connectivity index (χ1n) is 9.63. The molecule has 1 spiro atoms. The van der Waals surface area contributed by atoms with Crippen molar-refractivity contribution < 1.29 is 4.74 Å². The topological polar surface area (TPSA) is 9.23 Å². The minimum atomic E-state index is 0.626. The largest absolute Gasteiger partial charge is 0.375 e. The third-order valence-electron chi connectivity index (χ3n) is 7.02. The zero-order valence-corrected chi connectivity index (χ0v) is 14.7. The van der Waals surface area contributed by atoms with Crippen LogP contribution in [-0.4, -0.2) is 12.2 Å². The Balaban J connectivity index is 0.000000126. The van der Waals surface area contributed by atoms with Gasteiger partial charge in [-0.05, 0) is 80.5 Å². The lowest BCUT2D eigenvalue weighted by molar-refractivity contribution is -0.0435. The molecule has 21 heavy (non-hydrogen) atoms. The van der Waals surface area contributed by atoms with E-state index in [1.165, 1.54) is 32.1 Å². The Morgan fingerprint density at radius 3 is 1.71 bits per heavy atom. The zero-order chi connectivity index (χ0) is 15.0. The average Bonchev–Trinajstić information content (AvgIpc) is 2.65. The molecule has 0 aromatic heterocycles. The van der Waals surface area contributed by atoms with E-state index in [-0.39, 0.29) is 0 Å². The smallest absolute Gasteiger partial charge is 0.0582 e. The lowest BCUT2D eigenvalue weighted by Crippen LogP contribution is -2.44. The molecule has 2 aliphatic heterocycles. The number of hydrogen-bond donors (Lipinski definition) is 0. The van der Waals surface area contributed by atoms with Crippen LogP contribution in [0.2, 0.25) is 0 Å². The first-order valence-corrected chi connectivity index (χ1v) is 9.63. The highest BCUT2D eigenvalue weighted by Crippen LogP contribution is 2.60. The molecule has 0 amide bonds. The Labute approximate surface area is 132 Å². The molecule has 4 aliphatic rings. The van der Waals surface area contributed by atoms with Gasteiger partial charge >= 0.3 is 0 Å². The molecule has 0 radical (unpaired) electrons. The van der Waals surface area contributed by atoms with Crippen LogP contribution in [0.1, 0.15) is 85.5 Å². The molecule has 1 heteroatoms. The fourth-order valence-electron chi connectivity index (χ4n) is 5.05. The lowest BCUT2D eigenvalue weighted by Gasteiger charge is -2.55. The van der Waals surface area contributed by atoms with Crippen molar-refractivity contribution in [2.75, 3.05) is 0 Å². The molecule has 0 aromatic carbocycles. The van der Waals surface area contributed by atoms with Crippen molar-refractivity contribution in [1.82, 2.24) is 0 Å². The molecule has 122 valence electrons. The van der Waals surface area contributed by atoms with Gasteiger partial charge in [0.05, 0.1) is 12.2 Å². The highest BCUT2D eigenvalue weighted by Gasteiger charge is 2.48. The second-order valence-electron chi connectivity index (χ2n) is 9.20. The maximum absolute atomic E-state index is 5.78. The summed E-state index contributed by atoms with van der Waals surface area (Å²) in [5.74, 6) is 3.84. The van der Waals surface area contributed by atoms with E-state index in [4.69, 9.17) is 4.74 Å². The first kappa shape index (κ1) is 15.8. The third-order valence-corrected chi connectivity index (χ3v) is 7.02. The van der Waals surface area contributed by atoms with E-state index in [9.17, 15) is 0 Å². The SMILES string of the molecule is CC(C)C1CC2(CCC2)C1.CC(C)C1CC2CCC(C1)O2. The van der Waals surface area contributed by atoms with Gasteiger partial charge in [-0.15, -0.1) is 0 Å². The van der Waals surface area contributed by atoms with Crippen LogP contribution in [0.5, 0.6) is 0 Å². The molecule has 2 unspecified atom stereocenters. The number of fused-ring (bicyclic) bond motifs is 2. The van der Waals surface area contributed by atoms with Crippen LogP contribution in [0.25, 0.3) is 0 Å². The molecule has 4 rings (SSSR count). The van der Waals surface area contributed by atoms with Gasteiger partial charge in [0.2, 0.25) is 0 Å². The van der Waals surface area contributed by atoms with Gasteiger partial charge in [-0.1, -0.05) is 34.1 Å². The average molecular weight is 293 g/mol. The molecule has 2 atom stereocenters. The minimum Gasteiger partial charge on any atom is -0.375 e. The van der Waals surface area contributed by atoms with Gasteiger partial charge in [0.15, 0.2) is 0 Å². The van der Waals surface area contributed by atoms with Gasteiger partial charge < -0.3 is 4.74 Å². The summed E-state index contributed by atoms with van der Waals surface area (Å²) in [5.41, 5.74) is 0.898. The minimum absolute atomic E-state index is 0.626. The van der Waals surface area contributed by atoms with E-state index in [1.807, 2.05) is 0 Å². The van der Waals surface area contributed by atoms with Gasteiger partial charge in [0.25, 0.3) is 0 Å². The summed E-state index contributed by atoms with van der Waals surface area (Å²) in [6.07, 6.45) is 14.3. The maximum atomic E-state index is 5.78. The molecule has 2 heterocycles. The molecule has 2 bridgehead atoms. The summed E-state index contributed by atoms with van der Waals surface area (Å²) in [5, 5.41) is 0. The van der Waals surface area contributed by atoms with Crippen LogP contribution < -0.4 is 0 Å². The van der Waals surface area contributed by atoms with Gasteiger partial charge in [0, 0.05) is 0 Å². The molecular formula is C20H36O. The normalized spacial score (nSPS) is 37.1. The van der Waals surface area contributed by atoms with Crippen molar-refractivity contribution in [3.63, 3.8) is 0 Å². The predicted molar refractivity (Wildman–Crippen MR) is 89.3 cm³/mol. The van der Waals surface area contributed by atoms with E-state index in [0.717, 1.165) is 29.1 Å². The molecule has 0 N–H and O–H groups in total. The predicted octanol–water partition coefficient (Wildman–Crippen LogP) is 5.82. The Hall–Kier alpha value is -0.0400. The maximum Gasteiger partial charge on any atom is 0.0582 e. The van der Waals surface area contributed by atoms with E-state index in [2.05, 4.69) is 27.7 Å². The van der Waals surface area contributed by atoms with E-state index >= 15 is 0 Å². The second-order valence-corrected chi connectivity index (χ2v) is 9.20. The van der Waals surface area contributed by atoms with Gasteiger partial charge in [-0.2, -0.15) is 0 Å². The molecular weight excluding hydrogens is 256 g/mol. The van der Waals surface area contributed by atoms with Crippen molar-refractivity contribution in [2.24, 2.45) is 29.1 Å². The van der Waals surface area contributed by atoms with Crippen LogP contribution in [-0.2, 0) is 4.74 Å². The Bertz CT molecular complexity index is 322. The highest BCUT2D eigenvalue weighted by molar-refractivity contribution is 4.99. The molecule has 1 nitrogen and oxygen atoms in total. The van der Waals surface area contributed by atoms with Crippen LogP contribution in [0.15, 0.2) is 0 Å². The fraction of sp³-hybridized carbons (Fsp3) is 1.00. The van der Waals surface area contributed by atoms with Crippen molar-refractivity contribution in [2.45, 2.75) is 97.7 Å². The van der Waals surface area contributed by atoms with Gasteiger partial charge in [-0.25, -0.2) is 0 Å². The van der Waals surface area contributed by atoms with Crippen molar-refractivity contribution >= 4 is 0 Å². The Morgan fingerprint density at radius 1 is 0.810 bits per heavy atom. The van der Waals surface area contributed by atoms with Crippen molar-refractivity contribution in [1.29, 1.82) is 0 Å². The summed E-state index contributed by atoms with van der Waals surface area (Å²) >= 11 is 0. The van der Waals surface area contributed by atoms with Crippen LogP contribution in [0.3, 0.4) is 0 Å². The number of ether oxygens (including phenoxy) is 1. The summed E-state index contributed by atoms with van der Waals surface area (Å²) in [6.45, 7) is 9.43. The Kier molecular flexibility index (Phi) is 4.69. The van der Waals surface area contributed by atoms with Crippen molar-refractivity contribution in [3.05, 3.63) is 0 Å². The standard InChI is InChI=1S/C10H18O.C10H18/c1-7(2)8-5-9-3-4-10(6-8)11-9;1-8(2)9-6-10(7-9)4-3-5-10/h7-10H,3-6H2,1-2H3;8-9H,3-7H2,1-2H3. The summed E-state index contributed by atoms with van der Waals surface area (Å²) in [4.78, 5) is 0. The monoisotopic (exact) mass is 292 g/mol. The number of rotatable bonds is 2. The lowest BCUT2D eigenvalue weighted by atomic mass is 9.50. The summed E-state index contributed by atoms with van der Waals surface area (Å²) in [7, 11) is 0. The second kappa shape index (κ2) is 6.22. The molecule has 2 saturated carbocycles. The summed E-state index contributed by atoms with van der Waals surface area (Å²) < 4.78 is 5.78. The zero-order valence-electron chi connectivity index (χ0n) is 14.7. The summed E-state index contributed by atoms with van der Waals surface area (Å²) in [6, 6.07) is 0.